The van der Waals surface area contributed by atoms with Gasteiger partial charge in [-0.05, 0) is 25.5 Å². The van der Waals surface area contributed by atoms with Crippen LogP contribution >= 0.6 is 0 Å². The summed E-state index contributed by atoms with van der Waals surface area (Å²) in [4.78, 5) is 15.0. The van der Waals surface area contributed by atoms with Crippen molar-refractivity contribution in [1.29, 1.82) is 0 Å². The van der Waals surface area contributed by atoms with Crippen LogP contribution in [0.5, 0.6) is 0 Å². The number of nitrogens with zero attached hydrogens (tertiary/aromatic N) is 4. The lowest BCUT2D eigenvalue weighted by atomic mass is 10.2. The Labute approximate surface area is 124 Å². The van der Waals surface area contributed by atoms with Gasteiger partial charge in [-0.15, -0.1) is 0 Å². The van der Waals surface area contributed by atoms with Crippen LogP contribution in [0, 0.1) is 0 Å². The Morgan fingerprint density at radius 2 is 2.00 bits per heavy atom. The molecule has 2 aromatic heterocycles. The summed E-state index contributed by atoms with van der Waals surface area (Å²) in [5.41, 5.74) is 0. The summed E-state index contributed by atoms with van der Waals surface area (Å²) in [6, 6.07) is 3.76. The monoisotopic (exact) mass is 290 g/mol. The van der Waals surface area contributed by atoms with Gasteiger partial charge in [-0.25, -0.2) is 0 Å². The standard InChI is InChI=1S/C14H22N6O/c1-5-8-15-12-17-13(19-14(18-12)20(3)4)16-10(2)11-7-6-9-21-11/h6-7,9-10H,5,8H2,1-4H3,(H2,15,16,17,18,19). The Hall–Kier alpha value is -2.31. The van der Waals surface area contributed by atoms with Crippen LogP contribution in [-0.2, 0) is 0 Å². The topological polar surface area (TPSA) is 79.1 Å². The minimum absolute atomic E-state index is 0.0172. The van der Waals surface area contributed by atoms with E-state index in [1.807, 2.05) is 38.1 Å². The number of aromatic nitrogens is 3. The third kappa shape index (κ3) is 4.08. The molecule has 114 valence electrons. The van der Waals surface area contributed by atoms with Crippen LogP contribution in [0.2, 0.25) is 0 Å². The average Bonchev–Trinajstić information content (AvgIpc) is 2.99. The Morgan fingerprint density at radius 3 is 2.62 bits per heavy atom. The summed E-state index contributed by atoms with van der Waals surface area (Å²) in [6.07, 6.45) is 2.66. The van der Waals surface area contributed by atoms with Gasteiger partial charge in [-0.2, -0.15) is 15.0 Å². The SMILES string of the molecule is CCCNc1nc(NC(C)c2ccco2)nc(N(C)C)n1. The van der Waals surface area contributed by atoms with Gasteiger partial charge in [0.1, 0.15) is 5.76 Å². The van der Waals surface area contributed by atoms with E-state index in [4.69, 9.17) is 4.42 Å². The first kappa shape index (κ1) is 15.1. The maximum Gasteiger partial charge on any atom is 0.231 e. The summed E-state index contributed by atoms with van der Waals surface area (Å²) in [6.45, 7) is 4.92. The number of hydrogen-bond acceptors (Lipinski definition) is 7. The molecule has 0 aliphatic heterocycles. The zero-order chi connectivity index (χ0) is 15.2. The van der Waals surface area contributed by atoms with Crippen molar-refractivity contribution in [3.8, 4) is 0 Å². The molecule has 2 rings (SSSR count). The van der Waals surface area contributed by atoms with E-state index in [-0.39, 0.29) is 6.04 Å². The fourth-order valence-electron chi connectivity index (χ4n) is 1.75. The molecular weight excluding hydrogens is 268 g/mol. The lowest BCUT2D eigenvalue weighted by Crippen LogP contribution is -2.18. The molecule has 0 bridgehead atoms. The van der Waals surface area contributed by atoms with Gasteiger partial charge in [0.2, 0.25) is 17.8 Å². The maximum absolute atomic E-state index is 5.38. The fraction of sp³-hybridized carbons (Fsp3) is 0.500. The van der Waals surface area contributed by atoms with Crippen molar-refractivity contribution in [1.82, 2.24) is 15.0 Å². The van der Waals surface area contributed by atoms with E-state index in [1.165, 1.54) is 0 Å². The molecule has 0 amide bonds. The molecule has 1 unspecified atom stereocenters. The van der Waals surface area contributed by atoms with Gasteiger partial charge >= 0.3 is 0 Å². The first-order chi connectivity index (χ1) is 10.1. The average molecular weight is 290 g/mol. The van der Waals surface area contributed by atoms with Crippen LogP contribution < -0.4 is 15.5 Å². The van der Waals surface area contributed by atoms with Crippen molar-refractivity contribution >= 4 is 17.8 Å². The summed E-state index contributed by atoms with van der Waals surface area (Å²) < 4.78 is 5.38. The van der Waals surface area contributed by atoms with Crippen LogP contribution in [0.25, 0.3) is 0 Å². The van der Waals surface area contributed by atoms with Crippen molar-refractivity contribution in [2.45, 2.75) is 26.3 Å². The van der Waals surface area contributed by atoms with E-state index >= 15 is 0 Å². The molecule has 2 aromatic rings. The highest BCUT2D eigenvalue weighted by Crippen LogP contribution is 2.19. The zero-order valence-corrected chi connectivity index (χ0v) is 12.9. The highest BCUT2D eigenvalue weighted by atomic mass is 16.3. The van der Waals surface area contributed by atoms with Crippen LogP contribution in [-0.4, -0.2) is 35.6 Å². The van der Waals surface area contributed by atoms with Crippen molar-refractivity contribution in [2.24, 2.45) is 0 Å². The Morgan fingerprint density at radius 1 is 1.24 bits per heavy atom. The summed E-state index contributed by atoms with van der Waals surface area (Å²) >= 11 is 0. The fourth-order valence-corrected chi connectivity index (χ4v) is 1.75. The normalized spacial score (nSPS) is 12.0. The van der Waals surface area contributed by atoms with Gasteiger partial charge in [0.05, 0.1) is 12.3 Å². The molecule has 1 atom stereocenters. The van der Waals surface area contributed by atoms with E-state index in [2.05, 4.69) is 32.5 Å². The Balaban J connectivity index is 2.18. The summed E-state index contributed by atoms with van der Waals surface area (Å²) in [5.74, 6) is 2.54. The second kappa shape index (κ2) is 6.92. The number of hydrogen-bond donors (Lipinski definition) is 2. The van der Waals surface area contributed by atoms with Crippen molar-refractivity contribution in [2.75, 3.05) is 36.2 Å². The first-order valence-electron chi connectivity index (χ1n) is 7.07. The van der Waals surface area contributed by atoms with E-state index < -0.39 is 0 Å². The van der Waals surface area contributed by atoms with Crippen molar-refractivity contribution in [3.63, 3.8) is 0 Å². The number of anilines is 3. The van der Waals surface area contributed by atoms with Gasteiger partial charge in [-0.3, -0.25) is 0 Å². The third-order valence-corrected chi connectivity index (χ3v) is 2.87. The molecule has 7 heteroatoms. The second-order valence-electron chi connectivity index (χ2n) is 4.99. The first-order valence-corrected chi connectivity index (χ1v) is 7.07. The molecule has 0 radical (unpaired) electrons. The van der Waals surface area contributed by atoms with Crippen molar-refractivity contribution < 1.29 is 4.42 Å². The van der Waals surface area contributed by atoms with Crippen LogP contribution in [0.3, 0.4) is 0 Å². The molecule has 0 saturated carbocycles. The summed E-state index contributed by atoms with van der Waals surface area (Å²) in [5, 5.41) is 6.42. The summed E-state index contributed by atoms with van der Waals surface area (Å²) in [7, 11) is 3.80. The van der Waals surface area contributed by atoms with Crippen LogP contribution in [0.15, 0.2) is 22.8 Å². The molecule has 7 nitrogen and oxygen atoms in total. The molecular formula is C14H22N6O. The molecule has 2 heterocycles. The van der Waals surface area contributed by atoms with Gasteiger partial charge in [0, 0.05) is 20.6 Å². The van der Waals surface area contributed by atoms with E-state index in [0.29, 0.717) is 17.8 Å². The van der Waals surface area contributed by atoms with Crippen LogP contribution in [0.4, 0.5) is 17.8 Å². The third-order valence-electron chi connectivity index (χ3n) is 2.87. The number of nitrogens with one attached hydrogen (secondary N) is 2. The Bertz CT molecular complexity index is 555. The molecule has 21 heavy (non-hydrogen) atoms. The highest BCUT2D eigenvalue weighted by Gasteiger charge is 2.13. The van der Waals surface area contributed by atoms with Gasteiger partial charge in [-0.1, -0.05) is 6.92 Å². The van der Waals surface area contributed by atoms with E-state index in [0.717, 1.165) is 18.7 Å². The molecule has 2 N–H and O–H groups in total. The lowest BCUT2D eigenvalue weighted by molar-refractivity contribution is 0.489. The zero-order valence-electron chi connectivity index (χ0n) is 12.9. The largest absolute Gasteiger partial charge is 0.467 e. The minimum atomic E-state index is -0.0172. The second-order valence-corrected chi connectivity index (χ2v) is 4.99. The number of rotatable bonds is 7. The lowest BCUT2D eigenvalue weighted by Gasteiger charge is -2.16. The van der Waals surface area contributed by atoms with Gasteiger partial charge in [0.15, 0.2) is 0 Å². The smallest absolute Gasteiger partial charge is 0.231 e. The molecule has 0 fully saturated rings. The quantitative estimate of drug-likeness (QED) is 0.811. The van der Waals surface area contributed by atoms with Crippen LogP contribution in [0.1, 0.15) is 32.1 Å². The molecule has 0 aliphatic rings. The molecule has 0 aliphatic carbocycles. The van der Waals surface area contributed by atoms with Crippen molar-refractivity contribution in [3.05, 3.63) is 24.2 Å². The van der Waals surface area contributed by atoms with E-state index in [9.17, 15) is 0 Å². The maximum atomic E-state index is 5.38. The minimum Gasteiger partial charge on any atom is -0.467 e. The van der Waals surface area contributed by atoms with Gasteiger partial charge in [0.25, 0.3) is 0 Å². The predicted molar refractivity (Wildman–Crippen MR) is 83.7 cm³/mol. The molecule has 0 aromatic carbocycles. The molecule has 0 spiro atoms. The number of furan rings is 1. The highest BCUT2D eigenvalue weighted by molar-refractivity contribution is 5.43. The molecule has 0 saturated heterocycles. The Kier molecular flexibility index (Phi) is 4.97. The van der Waals surface area contributed by atoms with Gasteiger partial charge < -0.3 is 20.0 Å². The predicted octanol–water partition coefficient (Wildman–Crippen LogP) is 2.53. The van der Waals surface area contributed by atoms with E-state index in [1.54, 1.807) is 6.26 Å².